The van der Waals surface area contributed by atoms with Crippen molar-refractivity contribution in [3.8, 4) is 0 Å². The number of hydrogen-bond donors (Lipinski definition) is 1. The Kier molecular flexibility index (Phi) is 7.27. The van der Waals surface area contributed by atoms with Gasteiger partial charge in [0.15, 0.2) is 0 Å². The molecule has 1 aromatic heterocycles. The van der Waals surface area contributed by atoms with Crippen LogP contribution in [0.15, 0.2) is 36.5 Å². The van der Waals surface area contributed by atoms with Gasteiger partial charge in [0.25, 0.3) is 5.91 Å². The quantitative estimate of drug-likeness (QED) is 0.690. The fourth-order valence-electron chi connectivity index (χ4n) is 4.10. The first kappa shape index (κ1) is 24.3. The summed E-state index contributed by atoms with van der Waals surface area (Å²) < 4.78 is 43.8. The summed E-state index contributed by atoms with van der Waals surface area (Å²) in [6, 6.07) is 7.70. The fraction of sp³-hybridized carbons (Fsp3) is 0.435. The van der Waals surface area contributed by atoms with E-state index in [1.807, 2.05) is 0 Å². The molecule has 0 spiro atoms. The summed E-state index contributed by atoms with van der Waals surface area (Å²) in [5, 5.41) is 2.81. The molecule has 2 aromatic rings. The number of carbonyl (C=O) groups excluding carboxylic acids is 2. The Hall–Kier alpha value is -2.85. The average molecular weight is 497 g/mol. The summed E-state index contributed by atoms with van der Waals surface area (Å²) in [5.74, 6) is -0.262. The molecule has 3 heterocycles. The average Bonchev–Trinajstić information content (AvgIpc) is 2.84. The number of anilines is 2. The second kappa shape index (κ2) is 10.2. The van der Waals surface area contributed by atoms with Gasteiger partial charge in [-0.1, -0.05) is 17.7 Å². The largest absolute Gasteiger partial charge is 0.417 e. The molecule has 0 radical (unpaired) electrons. The van der Waals surface area contributed by atoms with Crippen molar-refractivity contribution in [3.05, 3.63) is 52.7 Å². The number of nitrogens with zero attached hydrogens (tertiary/aromatic N) is 3. The number of alkyl halides is 3. The number of pyridine rings is 1. The maximum Gasteiger partial charge on any atom is 0.417 e. The predicted octanol–water partition coefficient (Wildman–Crippen LogP) is 4.08. The molecule has 34 heavy (non-hydrogen) atoms. The highest BCUT2D eigenvalue weighted by molar-refractivity contribution is 6.33. The van der Waals surface area contributed by atoms with Crippen LogP contribution in [0.1, 0.15) is 28.8 Å². The third kappa shape index (κ3) is 5.61. The predicted molar refractivity (Wildman–Crippen MR) is 121 cm³/mol. The summed E-state index contributed by atoms with van der Waals surface area (Å²) in [6.07, 6.45) is -2.75. The molecule has 0 unspecified atom stereocenters. The van der Waals surface area contributed by atoms with Crippen LogP contribution in [0.25, 0.3) is 0 Å². The van der Waals surface area contributed by atoms with Gasteiger partial charge in [0.2, 0.25) is 5.91 Å². The topological polar surface area (TPSA) is 74.8 Å². The van der Waals surface area contributed by atoms with Gasteiger partial charge in [0, 0.05) is 49.5 Å². The van der Waals surface area contributed by atoms with Gasteiger partial charge < -0.3 is 19.9 Å². The molecule has 182 valence electrons. The molecular weight excluding hydrogens is 473 g/mol. The molecule has 0 atom stereocenters. The second-order valence-electron chi connectivity index (χ2n) is 8.26. The lowest BCUT2D eigenvalue weighted by Gasteiger charge is -2.32. The van der Waals surface area contributed by atoms with Crippen LogP contribution in [0, 0.1) is 5.92 Å². The molecule has 2 amide bonds. The summed E-state index contributed by atoms with van der Waals surface area (Å²) in [6.45, 7) is 2.96. The van der Waals surface area contributed by atoms with E-state index in [0.29, 0.717) is 63.5 Å². The molecule has 11 heteroatoms. The molecule has 2 saturated heterocycles. The van der Waals surface area contributed by atoms with Gasteiger partial charge in [-0.15, -0.1) is 0 Å². The number of nitrogens with one attached hydrogen (secondary N) is 1. The zero-order valence-electron chi connectivity index (χ0n) is 18.3. The maximum absolute atomic E-state index is 12.8. The fourth-order valence-corrected chi connectivity index (χ4v) is 4.38. The minimum absolute atomic E-state index is 0.0699. The minimum Gasteiger partial charge on any atom is -0.378 e. The first-order chi connectivity index (χ1) is 16.2. The number of rotatable bonds is 4. The molecule has 1 N–H and O–H groups in total. The van der Waals surface area contributed by atoms with Crippen molar-refractivity contribution >= 4 is 34.9 Å². The number of carbonyl (C=O) groups is 2. The highest BCUT2D eigenvalue weighted by Crippen LogP contribution is 2.34. The van der Waals surface area contributed by atoms with Crippen LogP contribution >= 0.6 is 11.6 Å². The third-order valence-corrected chi connectivity index (χ3v) is 6.27. The standard InChI is InChI=1S/C23H24ClF3N4O3/c24-19-13-17(23(25,26)27)14-28-20(19)30-6-4-15(5-7-30)21(32)29-18-3-1-2-16(12-18)22(33)31-8-10-34-11-9-31/h1-3,12-15H,4-11H2,(H,29,32). The molecular formula is C23H24ClF3N4O3. The van der Waals surface area contributed by atoms with Gasteiger partial charge >= 0.3 is 6.18 Å². The van der Waals surface area contributed by atoms with E-state index in [9.17, 15) is 22.8 Å². The molecule has 7 nitrogen and oxygen atoms in total. The van der Waals surface area contributed by atoms with E-state index in [2.05, 4.69) is 10.3 Å². The zero-order chi connectivity index (χ0) is 24.3. The second-order valence-corrected chi connectivity index (χ2v) is 8.67. The van der Waals surface area contributed by atoms with Crippen LogP contribution in [0.2, 0.25) is 5.02 Å². The van der Waals surface area contributed by atoms with E-state index in [4.69, 9.17) is 16.3 Å². The van der Waals surface area contributed by atoms with Crippen LogP contribution in [0.3, 0.4) is 0 Å². The van der Waals surface area contributed by atoms with Gasteiger partial charge in [0.05, 0.1) is 23.8 Å². The Labute approximate surface area is 199 Å². The Morgan fingerprint density at radius 1 is 1.09 bits per heavy atom. The van der Waals surface area contributed by atoms with Crippen LogP contribution in [-0.2, 0) is 15.7 Å². The Morgan fingerprint density at radius 3 is 2.44 bits per heavy atom. The third-order valence-electron chi connectivity index (χ3n) is 5.99. The van der Waals surface area contributed by atoms with E-state index < -0.39 is 11.7 Å². The summed E-state index contributed by atoms with van der Waals surface area (Å²) >= 11 is 6.05. The Balaban J connectivity index is 1.34. The highest BCUT2D eigenvalue weighted by atomic mass is 35.5. The molecule has 2 aliphatic rings. The molecule has 0 bridgehead atoms. The lowest BCUT2D eigenvalue weighted by atomic mass is 9.95. The van der Waals surface area contributed by atoms with Crippen molar-refractivity contribution in [2.24, 2.45) is 5.92 Å². The summed E-state index contributed by atoms with van der Waals surface area (Å²) in [4.78, 5) is 32.9. The molecule has 1 aromatic carbocycles. The van der Waals surface area contributed by atoms with E-state index in [-0.39, 0.29) is 28.6 Å². The molecule has 0 aliphatic carbocycles. The number of hydrogen-bond acceptors (Lipinski definition) is 5. The lowest BCUT2D eigenvalue weighted by molar-refractivity contribution is -0.137. The number of benzene rings is 1. The smallest absolute Gasteiger partial charge is 0.378 e. The van der Waals surface area contributed by atoms with Crippen molar-refractivity contribution in [2.45, 2.75) is 19.0 Å². The number of ether oxygens (including phenoxy) is 1. The van der Waals surface area contributed by atoms with Crippen LogP contribution in [0.4, 0.5) is 24.7 Å². The first-order valence-corrected chi connectivity index (χ1v) is 11.4. The van der Waals surface area contributed by atoms with Crippen LogP contribution < -0.4 is 10.2 Å². The summed E-state index contributed by atoms with van der Waals surface area (Å²) in [5.41, 5.74) is 0.140. The van der Waals surface area contributed by atoms with Gasteiger partial charge in [-0.05, 0) is 37.1 Å². The SMILES string of the molecule is O=C(Nc1cccc(C(=O)N2CCOCC2)c1)C1CCN(c2ncc(C(F)(F)F)cc2Cl)CC1. The van der Waals surface area contributed by atoms with E-state index in [1.54, 1.807) is 34.1 Å². The molecule has 4 rings (SSSR count). The first-order valence-electron chi connectivity index (χ1n) is 11.0. The van der Waals surface area contributed by atoms with Gasteiger partial charge in [-0.2, -0.15) is 13.2 Å². The van der Waals surface area contributed by atoms with Gasteiger partial charge in [-0.25, -0.2) is 4.98 Å². The molecule has 2 aliphatic heterocycles. The Bertz CT molecular complexity index is 1050. The zero-order valence-corrected chi connectivity index (χ0v) is 19.0. The van der Waals surface area contributed by atoms with E-state index in [1.165, 1.54) is 0 Å². The number of morpholine rings is 1. The number of amides is 2. The van der Waals surface area contributed by atoms with E-state index in [0.717, 1.165) is 12.3 Å². The van der Waals surface area contributed by atoms with Crippen molar-refractivity contribution in [2.75, 3.05) is 49.6 Å². The number of piperidine rings is 1. The number of aromatic nitrogens is 1. The molecule has 2 fully saturated rings. The van der Waals surface area contributed by atoms with Gasteiger partial charge in [-0.3, -0.25) is 9.59 Å². The highest BCUT2D eigenvalue weighted by Gasteiger charge is 2.33. The van der Waals surface area contributed by atoms with Gasteiger partial charge in [0.1, 0.15) is 5.82 Å². The van der Waals surface area contributed by atoms with Crippen LogP contribution in [-0.4, -0.2) is 61.1 Å². The van der Waals surface area contributed by atoms with Crippen molar-refractivity contribution < 1.29 is 27.5 Å². The minimum atomic E-state index is -4.51. The van der Waals surface area contributed by atoms with Crippen molar-refractivity contribution in [1.29, 1.82) is 0 Å². The van der Waals surface area contributed by atoms with Crippen LogP contribution in [0.5, 0.6) is 0 Å². The Morgan fingerprint density at radius 2 is 1.79 bits per heavy atom. The normalized spacial score (nSPS) is 17.5. The van der Waals surface area contributed by atoms with Crippen molar-refractivity contribution in [3.63, 3.8) is 0 Å². The molecule has 0 saturated carbocycles. The van der Waals surface area contributed by atoms with E-state index >= 15 is 0 Å². The van der Waals surface area contributed by atoms with Crippen molar-refractivity contribution in [1.82, 2.24) is 9.88 Å². The number of halogens is 4. The maximum atomic E-state index is 12.8. The monoisotopic (exact) mass is 496 g/mol. The summed E-state index contributed by atoms with van der Waals surface area (Å²) in [7, 11) is 0. The lowest BCUT2D eigenvalue weighted by Crippen LogP contribution is -2.40.